The van der Waals surface area contributed by atoms with E-state index in [4.69, 9.17) is 0 Å². The van der Waals surface area contributed by atoms with E-state index < -0.39 is 0 Å². The smallest absolute Gasteiger partial charge is 0.194 e. The highest BCUT2D eigenvalue weighted by atomic mass is 79.9. The number of carbonyl (C=O) groups is 1. The fourth-order valence-corrected chi connectivity index (χ4v) is 1.36. The lowest BCUT2D eigenvalue weighted by atomic mass is 10.2. The van der Waals surface area contributed by atoms with Crippen LogP contribution in [0.25, 0.3) is 0 Å². The van der Waals surface area contributed by atoms with Gasteiger partial charge >= 0.3 is 0 Å². The number of ketones is 1. The van der Waals surface area contributed by atoms with Gasteiger partial charge in [-0.2, -0.15) is 5.10 Å². The zero-order valence-corrected chi connectivity index (χ0v) is 9.58. The second-order valence-electron chi connectivity index (χ2n) is 3.24. The Morgan fingerprint density at radius 1 is 1.54 bits per heavy atom. The Bertz CT molecular complexity index is 304. The molecule has 1 atom stereocenters. The first-order chi connectivity index (χ1) is 6.04. The van der Waals surface area contributed by atoms with Crippen LogP contribution in [0.2, 0.25) is 0 Å². The van der Waals surface area contributed by atoms with Gasteiger partial charge in [0.05, 0.1) is 4.83 Å². The van der Waals surface area contributed by atoms with Gasteiger partial charge in [0.1, 0.15) is 5.69 Å². The minimum absolute atomic E-state index is 0.0752. The number of hydrogen-bond donors (Lipinski definition) is 0. The maximum atomic E-state index is 11.6. The summed E-state index contributed by atoms with van der Waals surface area (Å²) < 4.78 is 1.74. The van der Waals surface area contributed by atoms with Crippen molar-refractivity contribution in [3.63, 3.8) is 0 Å². The van der Waals surface area contributed by atoms with E-state index in [2.05, 4.69) is 21.0 Å². The molecule has 0 aliphatic rings. The molecule has 3 nitrogen and oxygen atoms in total. The lowest BCUT2D eigenvalue weighted by Gasteiger charge is -2.10. The van der Waals surface area contributed by atoms with Crippen molar-refractivity contribution >= 4 is 21.7 Å². The quantitative estimate of drug-likeness (QED) is 0.605. The number of nitrogens with zero attached hydrogens (tertiary/aromatic N) is 2. The monoisotopic (exact) mass is 244 g/mol. The molecule has 0 saturated heterocycles. The van der Waals surface area contributed by atoms with Crippen LogP contribution < -0.4 is 0 Å². The van der Waals surface area contributed by atoms with Gasteiger partial charge in [-0.15, -0.1) is 0 Å². The average molecular weight is 245 g/mol. The van der Waals surface area contributed by atoms with Crippen molar-refractivity contribution in [2.75, 3.05) is 0 Å². The molecule has 0 aliphatic heterocycles. The van der Waals surface area contributed by atoms with E-state index in [9.17, 15) is 4.79 Å². The number of rotatable bonds is 3. The molecule has 1 rings (SSSR count). The van der Waals surface area contributed by atoms with Gasteiger partial charge in [0.15, 0.2) is 5.78 Å². The lowest BCUT2D eigenvalue weighted by molar-refractivity contribution is 0.0984. The highest BCUT2D eigenvalue weighted by Crippen LogP contribution is 2.13. The Balaban J connectivity index is 3.01. The fourth-order valence-electron chi connectivity index (χ4n) is 1.12. The van der Waals surface area contributed by atoms with Crippen molar-refractivity contribution in [2.45, 2.75) is 31.6 Å². The Morgan fingerprint density at radius 3 is 2.62 bits per heavy atom. The van der Waals surface area contributed by atoms with Crippen LogP contribution in [0.3, 0.4) is 0 Å². The van der Waals surface area contributed by atoms with Gasteiger partial charge in [-0.3, -0.25) is 9.48 Å². The van der Waals surface area contributed by atoms with Crippen molar-refractivity contribution in [3.8, 4) is 0 Å². The summed E-state index contributed by atoms with van der Waals surface area (Å²) in [6.45, 7) is 5.82. The van der Waals surface area contributed by atoms with E-state index in [-0.39, 0.29) is 16.7 Å². The molecule has 0 aliphatic carbocycles. The Hall–Kier alpha value is -0.640. The number of Topliss-reactive ketones (excluding diaryl/α,β-unsaturated/α-hetero) is 1. The topological polar surface area (TPSA) is 34.9 Å². The Kier molecular flexibility index (Phi) is 3.25. The lowest BCUT2D eigenvalue weighted by Crippen LogP contribution is -2.17. The standard InChI is InChI=1S/C9H13BrN2O/c1-6(2)12-8(4-5-11-12)9(13)7(3)10/h4-7H,1-3H3. The number of halogens is 1. The van der Waals surface area contributed by atoms with Crippen LogP contribution in [0.1, 0.15) is 37.3 Å². The van der Waals surface area contributed by atoms with Crippen molar-refractivity contribution in [1.29, 1.82) is 0 Å². The predicted molar refractivity (Wildman–Crippen MR) is 55.3 cm³/mol. The van der Waals surface area contributed by atoms with Gasteiger partial charge < -0.3 is 0 Å². The molecule has 0 amide bonds. The SMILES string of the molecule is CC(Br)C(=O)c1ccnn1C(C)C. The summed E-state index contributed by atoms with van der Waals surface area (Å²) in [7, 11) is 0. The van der Waals surface area contributed by atoms with Gasteiger partial charge in [-0.1, -0.05) is 15.9 Å². The first-order valence-electron chi connectivity index (χ1n) is 4.26. The third kappa shape index (κ3) is 2.18. The maximum Gasteiger partial charge on any atom is 0.194 e. The maximum absolute atomic E-state index is 11.6. The summed E-state index contributed by atoms with van der Waals surface area (Å²) in [5.41, 5.74) is 0.666. The molecule has 13 heavy (non-hydrogen) atoms. The largest absolute Gasteiger partial charge is 0.291 e. The second kappa shape index (κ2) is 4.05. The van der Waals surface area contributed by atoms with Crippen molar-refractivity contribution < 1.29 is 4.79 Å². The first kappa shape index (κ1) is 10.4. The highest BCUT2D eigenvalue weighted by Gasteiger charge is 2.17. The molecule has 1 unspecified atom stereocenters. The molecular formula is C9H13BrN2O. The summed E-state index contributed by atoms with van der Waals surface area (Å²) in [5, 5.41) is 4.09. The zero-order chi connectivity index (χ0) is 10.0. The molecule has 4 heteroatoms. The van der Waals surface area contributed by atoms with Crippen molar-refractivity contribution in [3.05, 3.63) is 18.0 Å². The molecule has 0 spiro atoms. The molecule has 0 radical (unpaired) electrons. The number of alkyl halides is 1. The first-order valence-corrected chi connectivity index (χ1v) is 5.17. The van der Waals surface area contributed by atoms with E-state index in [0.29, 0.717) is 5.69 Å². The normalized spacial score (nSPS) is 13.3. The molecule has 0 bridgehead atoms. The van der Waals surface area contributed by atoms with Gasteiger partial charge in [0, 0.05) is 12.2 Å². The van der Waals surface area contributed by atoms with Crippen LogP contribution in [0.4, 0.5) is 0 Å². The molecule has 72 valence electrons. The average Bonchev–Trinajstić information content (AvgIpc) is 2.50. The van der Waals surface area contributed by atoms with E-state index in [1.54, 1.807) is 16.9 Å². The second-order valence-corrected chi connectivity index (χ2v) is 4.61. The molecule has 0 fully saturated rings. The molecule has 0 N–H and O–H groups in total. The van der Waals surface area contributed by atoms with Crippen LogP contribution in [0, 0.1) is 0 Å². The van der Waals surface area contributed by atoms with Gasteiger partial charge in [-0.25, -0.2) is 0 Å². The van der Waals surface area contributed by atoms with Gasteiger partial charge in [-0.05, 0) is 26.8 Å². The molecule has 1 aromatic rings. The molecule has 1 aromatic heterocycles. The number of hydrogen-bond acceptors (Lipinski definition) is 2. The minimum atomic E-state index is -0.151. The molecule has 1 heterocycles. The number of carbonyl (C=O) groups excluding carboxylic acids is 1. The van der Waals surface area contributed by atoms with Crippen LogP contribution in [-0.4, -0.2) is 20.4 Å². The Morgan fingerprint density at radius 2 is 2.15 bits per heavy atom. The molecule has 0 aromatic carbocycles. The van der Waals surface area contributed by atoms with Crippen LogP contribution in [0.5, 0.6) is 0 Å². The van der Waals surface area contributed by atoms with Gasteiger partial charge in [0.25, 0.3) is 0 Å². The summed E-state index contributed by atoms with van der Waals surface area (Å²) in [5.74, 6) is 0.0752. The van der Waals surface area contributed by atoms with Crippen LogP contribution in [0.15, 0.2) is 12.3 Å². The van der Waals surface area contributed by atoms with E-state index >= 15 is 0 Å². The third-order valence-electron chi connectivity index (χ3n) is 1.77. The number of aromatic nitrogens is 2. The van der Waals surface area contributed by atoms with Gasteiger partial charge in [0.2, 0.25) is 0 Å². The zero-order valence-electron chi connectivity index (χ0n) is 7.99. The molecular weight excluding hydrogens is 232 g/mol. The van der Waals surface area contributed by atoms with E-state index in [0.717, 1.165) is 0 Å². The molecule has 0 saturated carbocycles. The predicted octanol–water partition coefficient (Wildman–Crippen LogP) is 2.43. The Labute approximate surface area is 86.3 Å². The minimum Gasteiger partial charge on any atom is -0.291 e. The van der Waals surface area contributed by atoms with E-state index in [1.165, 1.54) is 0 Å². The highest BCUT2D eigenvalue weighted by molar-refractivity contribution is 9.10. The van der Waals surface area contributed by atoms with Crippen LogP contribution in [-0.2, 0) is 0 Å². The third-order valence-corrected chi connectivity index (χ3v) is 2.19. The summed E-state index contributed by atoms with van der Waals surface area (Å²) in [6.07, 6.45) is 1.66. The van der Waals surface area contributed by atoms with Crippen LogP contribution >= 0.6 is 15.9 Å². The summed E-state index contributed by atoms with van der Waals surface area (Å²) >= 11 is 3.25. The fraction of sp³-hybridized carbons (Fsp3) is 0.556. The van der Waals surface area contributed by atoms with Crippen molar-refractivity contribution in [2.24, 2.45) is 0 Å². The summed E-state index contributed by atoms with van der Waals surface area (Å²) in [4.78, 5) is 11.5. The summed E-state index contributed by atoms with van der Waals surface area (Å²) in [6, 6.07) is 1.97. The van der Waals surface area contributed by atoms with Crippen molar-refractivity contribution in [1.82, 2.24) is 9.78 Å². The van der Waals surface area contributed by atoms with E-state index in [1.807, 2.05) is 20.8 Å².